The molecule has 1 aliphatic heterocycles. The van der Waals surface area contributed by atoms with Crippen LogP contribution in [0.2, 0.25) is 0 Å². The topological polar surface area (TPSA) is 66.5 Å². The Kier molecular flexibility index (Phi) is 2.96. The van der Waals surface area contributed by atoms with Gasteiger partial charge < -0.3 is 5.32 Å². The zero-order valence-electron chi connectivity index (χ0n) is 15.0. The molecule has 0 spiro atoms. The average molecular weight is 354 g/mol. The molecule has 1 heterocycles. The van der Waals surface area contributed by atoms with Crippen LogP contribution in [-0.4, -0.2) is 34.7 Å². The van der Waals surface area contributed by atoms with Crippen molar-refractivity contribution in [1.29, 1.82) is 0 Å². The lowest BCUT2D eigenvalue weighted by Crippen LogP contribution is -2.61. The molecule has 0 aromatic carbocycles. The van der Waals surface area contributed by atoms with Gasteiger partial charge in [-0.3, -0.25) is 19.3 Å². The van der Waals surface area contributed by atoms with E-state index in [0.717, 1.165) is 43.4 Å². The summed E-state index contributed by atoms with van der Waals surface area (Å²) in [7, 11) is 0. The van der Waals surface area contributed by atoms with Gasteiger partial charge in [0.05, 0.1) is 11.8 Å². The van der Waals surface area contributed by atoms with Crippen molar-refractivity contribution < 1.29 is 14.4 Å². The monoisotopic (exact) mass is 354 g/mol. The van der Waals surface area contributed by atoms with Crippen LogP contribution in [0.5, 0.6) is 0 Å². The lowest BCUT2D eigenvalue weighted by atomic mass is 9.53. The number of hydrogen-bond donors (Lipinski definition) is 1. The largest absolute Gasteiger partial charge is 0.349 e. The van der Waals surface area contributed by atoms with E-state index in [2.05, 4.69) is 17.5 Å². The van der Waals surface area contributed by atoms with Crippen molar-refractivity contribution in [3.8, 4) is 0 Å². The minimum absolute atomic E-state index is 0.0614. The maximum atomic E-state index is 12.8. The van der Waals surface area contributed by atoms with E-state index in [4.69, 9.17) is 0 Å². The van der Waals surface area contributed by atoms with E-state index in [1.54, 1.807) is 0 Å². The molecular weight excluding hydrogens is 328 g/mol. The van der Waals surface area contributed by atoms with Gasteiger partial charge in [0.15, 0.2) is 0 Å². The van der Waals surface area contributed by atoms with Gasteiger partial charge in [-0.05, 0) is 74.5 Å². The van der Waals surface area contributed by atoms with Crippen LogP contribution in [0.3, 0.4) is 0 Å². The van der Waals surface area contributed by atoms with E-state index in [-0.39, 0.29) is 53.5 Å². The fourth-order valence-electron chi connectivity index (χ4n) is 7.86. The summed E-state index contributed by atoms with van der Waals surface area (Å²) in [5, 5.41) is 3.30. The molecule has 7 aliphatic rings. The molecule has 1 saturated heterocycles. The molecule has 6 fully saturated rings. The van der Waals surface area contributed by atoms with E-state index in [1.807, 2.05) is 0 Å². The molecule has 3 amide bonds. The number of likely N-dealkylation sites (tertiary alicyclic amines) is 1. The summed E-state index contributed by atoms with van der Waals surface area (Å²) in [6.07, 6.45) is 12.4. The number of carbonyl (C=O) groups is 3. The normalized spacial score (nSPS) is 50.0. The number of nitrogens with zero attached hydrogens (tertiary/aromatic N) is 1. The summed E-state index contributed by atoms with van der Waals surface area (Å²) in [5.74, 6) is 1.93. The number of allylic oxidation sites excluding steroid dienone is 2. The van der Waals surface area contributed by atoms with Crippen LogP contribution in [0, 0.1) is 41.4 Å². The maximum Gasteiger partial charge on any atom is 0.240 e. The summed E-state index contributed by atoms with van der Waals surface area (Å²) in [6.45, 7) is -0.0775. The van der Waals surface area contributed by atoms with Crippen LogP contribution in [-0.2, 0) is 14.4 Å². The second-order valence-corrected chi connectivity index (χ2v) is 10.0. The van der Waals surface area contributed by atoms with E-state index in [9.17, 15) is 14.4 Å². The van der Waals surface area contributed by atoms with Gasteiger partial charge in [0, 0.05) is 5.54 Å². The first-order valence-corrected chi connectivity index (χ1v) is 10.4. The molecule has 26 heavy (non-hydrogen) atoms. The zero-order valence-corrected chi connectivity index (χ0v) is 15.0. The van der Waals surface area contributed by atoms with E-state index < -0.39 is 0 Å². The molecule has 6 bridgehead atoms. The first kappa shape index (κ1) is 15.4. The molecular formula is C21H26N2O3. The SMILES string of the molecule is O=C(CN1C(=O)[C@H]2[C@H](C1=O)[C@H]1C=C[C@H]2C1)NC12CC3CC(CC(C3)C1)C2. The molecule has 5 heteroatoms. The van der Waals surface area contributed by atoms with Gasteiger partial charge in [0.1, 0.15) is 6.54 Å². The van der Waals surface area contributed by atoms with Crippen molar-refractivity contribution in [2.24, 2.45) is 41.4 Å². The predicted molar refractivity (Wildman–Crippen MR) is 93.5 cm³/mol. The highest BCUT2D eigenvalue weighted by Crippen LogP contribution is 2.56. The second-order valence-electron chi connectivity index (χ2n) is 10.0. The van der Waals surface area contributed by atoms with Crippen molar-refractivity contribution in [1.82, 2.24) is 10.2 Å². The van der Waals surface area contributed by atoms with Crippen molar-refractivity contribution in [2.75, 3.05) is 6.54 Å². The summed E-state index contributed by atoms with van der Waals surface area (Å²) < 4.78 is 0. The summed E-state index contributed by atoms with van der Waals surface area (Å²) in [5.41, 5.74) is -0.0614. The minimum atomic E-state index is -0.204. The van der Waals surface area contributed by atoms with Crippen molar-refractivity contribution >= 4 is 17.7 Å². The molecule has 4 atom stereocenters. The number of imide groups is 1. The van der Waals surface area contributed by atoms with Gasteiger partial charge in [0.2, 0.25) is 17.7 Å². The quantitative estimate of drug-likeness (QED) is 0.622. The van der Waals surface area contributed by atoms with Crippen LogP contribution < -0.4 is 5.32 Å². The third-order valence-corrected chi connectivity index (χ3v) is 8.31. The lowest BCUT2D eigenvalue weighted by molar-refractivity contribution is -0.145. The Morgan fingerprint density at radius 1 is 0.923 bits per heavy atom. The van der Waals surface area contributed by atoms with E-state index in [1.165, 1.54) is 24.2 Å². The number of hydrogen-bond acceptors (Lipinski definition) is 3. The van der Waals surface area contributed by atoms with Crippen molar-refractivity contribution in [3.63, 3.8) is 0 Å². The average Bonchev–Trinajstić information content (AvgIpc) is 3.23. The summed E-state index contributed by atoms with van der Waals surface area (Å²) in [6, 6.07) is 0. The first-order chi connectivity index (χ1) is 12.5. The molecule has 1 N–H and O–H groups in total. The van der Waals surface area contributed by atoms with Crippen LogP contribution >= 0.6 is 0 Å². The molecule has 0 aromatic rings. The van der Waals surface area contributed by atoms with Gasteiger partial charge >= 0.3 is 0 Å². The zero-order chi connectivity index (χ0) is 17.6. The predicted octanol–water partition coefficient (Wildman–Crippen LogP) is 1.88. The highest BCUT2D eigenvalue weighted by atomic mass is 16.2. The van der Waals surface area contributed by atoms with Crippen LogP contribution in [0.4, 0.5) is 0 Å². The fourth-order valence-corrected chi connectivity index (χ4v) is 7.86. The number of fused-ring (bicyclic) bond motifs is 5. The number of amides is 3. The maximum absolute atomic E-state index is 12.8. The molecule has 0 aromatic heterocycles. The van der Waals surface area contributed by atoms with Crippen molar-refractivity contribution in [3.05, 3.63) is 12.2 Å². The smallest absolute Gasteiger partial charge is 0.240 e. The molecule has 6 aliphatic carbocycles. The third-order valence-electron chi connectivity index (χ3n) is 8.31. The standard InChI is InChI=1S/C21H26N2O3/c24-16(22-21-7-11-3-12(8-21)5-13(4-11)9-21)10-23-19(25)17-14-1-2-15(6-14)18(17)20(23)26/h1-2,11-15,17-18H,3-10H2,(H,22,24)/t11?,12?,13?,14-,15-,17+,18+,21?/m0/s1. The Morgan fingerprint density at radius 3 is 1.92 bits per heavy atom. The lowest BCUT2D eigenvalue weighted by Gasteiger charge is -2.57. The Hall–Kier alpha value is -1.65. The van der Waals surface area contributed by atoms with Gasteiger partial charge in [-0.15, -0.1) is 0 Å². The molecule has 0 radical (unpaired) electrons. The van der Waals surface area contributed by atoms with Crippen LogP contribution in [0.15, 0.2) is 12.2 Å². The highest BCUT2D eigenvalue weighted by molar-refractivity contribution is 6.08. The molecule has 7 rings (SSSR count). The Labute approximate surface area is 153 Å². The first-order valence-electron chi connectivity index (χ1n) is 10.4. The van der Waals surface area contributed by atoms with Crippen LogP contribution in [0.1, 0.15) is 44.9 Å². The second kappa shape index (κ2) is 4.99. The Bertz CT molecular complexity index is 676. The van der Waals surface area contributed by atoms with Gasteiger partial charge in [-0.25, -0.2) is 0 Å². The van der Waals surface area contributed by atoms with Crippen LogP contribution in [0.25, 0.3) is 0 Å². The third kappa shape index (κ3) is 2.00. The minimum Gasteiger partial charge on any atom is -0.349 e. The molecule has 0 unspecified atom stereocenters. The highest BCUT2D eigenvalue weighted by Gasteiger charge is 2.59. The van der Waals surface area contributed by atoms with Gasteiger partial charge in [-0.2, -0.15) is 0 Å². The van der Waals surface area contributed by atoms with E-state index >= 15 is 0 Å². The number of carbonyl (C=O) groups excluding carboxylic acids is 3. The number of rotatable bonds is 3. The summed E-state index contributed by atoms with van der Waals surface area (Å²) >= 11 is 0. The molecule has 5 nitrogen and oxygen atoms in total. The number of nitrogens with one attached hydrogen (secondary N) is 1. The van der Waals surface area contributed by atoms with Gasteiger partial charge in [0.25, 0.3) is 0 Å². The fraction of sp³-hybridized carbons (Fsp3) is 0.762. The van der Waals surface area contributed by atoms with Crippen molar-refractivity contribution in [2.45, 2.75) is 50.5 Å². The van der Waals surface area contributed by atoms with E-state index in [0.29, 0.717) is 0 Å². The Morgan fingerprint density at radius 2 is 1.42 bits per heavy atom. The Balaban J connectivity index is 1.17. The molecule has 5 saturated carbocycles. The van der Waals surface area contributed by atoms with Gasteiger partial charge in [-0.1, -0.05) is 12.2 Å². The molecule has 138 valence electrons. The summed E-state index contributed by atoms with van der Waals surface area (Å²) in [4.78, 5) is 39.6.